The number of hydrogen-bond donors (Lipinski definition) is 0. The zero-order valence-corrected chi connectivity index (χ0v) is 20.5. The first kappa shape index (κ1) is 25.6. The number of benzene rings is 3. The third-order valence-corrected chi connectivity index (χ3v) is 5.73. The molecule has 1 aliphatic rings. The van der Waals surface area contributed by atoms with Crippen LogP contribution in [-0.2, 0) is 48.3 Å². The van der Waals surface area contributed by atoms with Crippen molar-refractivity contribution in [3.8, 4) is 0 Å². The monoisotopic (exact) mass is 488 g/mol. The zero-order valence-electron chi connectivity index (χ0n) is 20.5. The predicted octanol–water partition coefficient (Wildman–Crippen LogP) is 5.22. The van der Waals surface area contributed by atoms with E-state index in [2.05, 4.69) is 0 Å². The number of esters is 1. The Hall–Kier alpha value is -3.45. The highest BCUT2D eigenvalue weighted by Crippen LogP contribution is 2.26. The standard InChI is InChI=1S/C30H32O6/c1-2-33-30(31)27-18-26(34-20-24-14-8-4-9-15-24)29(35-21-25-16-10-5-11-17-25)28(36-27)22-32-19-23-12-6-3-7-13-23/h3-18,26,28-29H,2,19-22H2,1H3/t26-,28-,29+/m1/s1. The van der Waals surface area contributed by atoms with Crippen molar-refractivity contribution in [1.29, 1.82) is 0 Å². The minimum atomic E-state index is -0.567. The van der Waals surface area contributed by atoms with Gasteiger partial charge in [0, 0.05) is 0 Å². The van der Waals surface area contributed by atoms with Gasteiger partial charge in [0.2, 0.25) is 5.76 Å². The summed E-state index contributed by atoms with van der Waals surface area (Å²) in [4.78, 5) is 12.6. The van der Waals surface area contributed by atoms with E-state index in [9.17, 15) is 4.79 Å². The molecule has 0 saturated carbocycles. The Balaban J connectivity index is 1.53. The Morgan fingerprint density at radius 2 is 1.28 bits per heavy atom. The lowest BCUT2D eigenvalue weighted by Crippen LogP contribution is -2.48. The van der Waals surface area contributed by atoms with E-state index in [0.29, 0.717) is 19.8 Å². The average molecular weight is 489 g/mol. The summed E-state index contributed by atoms with van der Waals surface area (Å²) in [6.07, 6.45) is 0.0578. The molecule has 6 heteroatoms. The summed E-state index contributed by atoms with van der Waals surface area (Å²) >= 11 is 0. The molecule has 3 aromatic rings. The molecule has 36 heavy (non-hydrogen) atoms. The van der Waals surface area contributed by atoms with Crippen LogP contribution >= 0.6 is 0 Å². The van der Waals surface area contributed by atoms with Crippen LogP contribution in [0, 0.1) is 0 Å². The lowest BCUT2D eigenvalue weighted by Gasteiger charge is -2.36. The Kier molecular flexibility index (Phi) is 9.68. The fourth-order valence-corrected chi connectivity index (χ4v) is 3.92. The molecule has 0 N–H and O–H groups in total. The van der Waals surface area contributed by atoms with E-state index in [0.717, 1.165) is 16.7 Å². The van der Waals surface area contributed by atoms with Gasteiger partial charge < -0.3 is 23.7 Å². The highest BCUT2D eigenvalue weighted by atomic mass is 16.6. The Morgan fingerprint density at radius 1 is 0.750 bits per heavy atom. The highest BCUT2D eigenvalue weighted by Gasteiger charge is 2.39. The molecule has 0 spiro atoms. The van der Waals surface area contributed by atoms with Crippen LogP contribution in [0.3, 0.4) is 0 Å². The summed E-state index contributed by atoms with van der Waals surface area (Å²) in [7, 11) is 0. The molecular weight excluding hydrogens is 456 g/mol. The normalized spacial score (nSPS) is 19.2. The van der Waals surface area contributed by atoms with Gasteiger partial charge in [0.25, 0.3) is 0 Å². The van der Waals surface area contributed by atoms with Crippen molar-refractivity contribution < 1.29 is 28.5 Å². The third kappa shape index (κ3) is 7.52. The molecule has 0 aliphatic carbocycles. The van der Waals surface area contributed by atoms with Gasteiger partial charge in [-0.1, -0.05) is 91.0 Å². The maximum atomic E-state index is 12.6. The Labute approximate surface area is 212 Å². The molecule has 4 rings (SSSR count). The smallest absolute Gasteiger partial charge is 0.373 e. The maximum absolute atomic E-state index is 12.6. The molecule has 1 aliphatic heterocycles. The van der Waals surface area contributed by atoms with Crippen molar-refractivity contribution in [1.82, 2.24) is 0 Å². The van der Waals surface area contributed by atoms with Crippen molar-refractivity contribution in [2.75, 3.05) is 13.2 Å². The van der Waals surface area contributed by atoms with E-state index in [4.69, 9.17) is 23.7 Å². The minimum Gasteiger partial charge on any atom is -0.478 e. The van der Waals surface area contributed by atoms with E-state index in [1.54, 1.807) is 13.0 Å². The SMILES string of the molecule is CCOC(=O)C1=C[C@@H](OCc2ccccc2)[C@H](OCc2ccccc2)[C@@H](COCc2ccccc2)O1. The fourth-order valence-electron chi connectivity index (χ4n) is 3.92. The van der Waals surface area contributed by atoms with Crippen molar-refractivity contribution in [3.63, 3.8) is 0 Å². The van der Waals surface area contributed by atoms with Crippen LogP contribution in [0.25, 0.3) is 0 Å². The Bertz CT molecular complexity index is 1080. The van der Waals surface area contributed by atoms with Gasteiger partial charge in [-0.05, 0) is 29.7 Å². The summed E-state index contributed by atoms with van der Waals surface area (Å²) in [6, 6.07) is 29.7. The molecular formula is C30H32O6. The third-order valence-electron chi connectivity index (χ3n) is 5.73. The van der Waals surface area contributed by atoms with Crippen LogP contribution in [0.15, 0.2) is 103 Å². The lowest BCUT2D eigenvalue weighted by atomic mass is 10.0. The molecule has 3 aromatic carbocycles. The van der Waals surface area contributed by atoms with Gasteiger partial charge in [-0.25, -0.2) is 4.79 Å². The zero-order chi connectivity index (χ0) is 25.0. The first-order chi connectivity index (χ1) is 17.7. The average Bonchev–Trinajstić information content (AvgIpc) is 2.93. The fraction of sp³-hybridized carbons (Fsp3) is 0.300. The molecule has 0 bridgehead atoms. The second-order valence-electron chi connectivity index (χ2n) is 8.43. The van der Waals surface area contributed by atoms with Crippen molar-refractivity contribution in [2.24, 2.45) is 0 Å². The molecule has 0 radical (unpaired) electrons. The Morgan fingerprint density at radius 3 is 1.83 bits per heavy atom. The first-order valence-electron chi connectivity index (χ1n) is 12.2. The van der Waals surface area contributed by atoms with Gasteiger partial charge in [0.05, 0.1) is 33.0 Å². The first-order valence-corrected chi connectivity index (χ1v) is 12.2. The molecule has 3 atom stereocenters. The largest absolute Gasteiger partial charge is 0.478 e. The molecule has 0 fully saturated rings. The second kappa shape index (κ2) is 13.6. The van der Waals surface area contributed by atoms with Crippen molar-refractivity contribution in [2.45, 2.75) is 45.1 Å². The van der Waals surface area contributed by atoms with Crippen molar-refractivity contribution >= 4 is 5.97 Å². The summed E-state index contributed by atoms with van der Waals surface area (Å²) in [5.41, 5.74) is 3.10. The van der Waals surface area contributed by atoms with Gasteiger partial charge >= 0.3 is 5.97 Å². The van der Waals surface area contributed by atoms with Gasteiger partial charge in [0.15, 0.2) is 6.10 Å². The van der Waals surface area contributed by atoms with Crippen LogP contribution < -0.4 is 0 Å². The summed E-state index contributed by atoms with van der Waals surface area (Å²) in [6.45, 7) is 3.38. The molecule has 0 saturated heterocycles. The number of carbonyl (C=O) groups is 1. The summed E-state index contributed by atoms with van der Waals surface area (Å²) in [5.74, 6) is -0.414. The van der Waals surface area contributed by atoms with Gasteiger partial charge in [0.1, 0.15) is 12.2 Å². The lowest BCUT2D eigenvalue weighted by molar-refractivity contribution is -0.167. The van der Waals surface area contributed by atoms with Crippen LogP contribution in [0.2, 0.25) is 0 Å². The second-order valence-corrected chi connectivity index (χ2v) is 8.43. The number of hydrogen-bond acceptors (Lipinski definition) is 6. The molecule has 0 aromatic heterocycles. The van der Waals surface area contributed by atoms with Crippen LogP contribution in [0.4, 0.5) is 0 Å². The van der Waals surface area contributed by atoms with Crippen LogP contribution in [-0.4, -0.2) is 37.5 Å². The van der Waals surface area contributed by atoms with E-state index in [1.165, 1.54) is 0 Å². The van der Waals surface area contributed by atoms with E-state index >= 15 is 0 Å². The molecule has 1 heterocycles. The van der Waals surface area contributed by atoms with Crippen LogP contribution in [0.5, 0.6) is 0 Å². The van der Waals surface area contributed by atoms with E-state index < -0.39 is 24.3 Å². The number of ether oxygens (including phenoxy) is 5. The molecule has 6 nitrogen and oxygen atoms in total. The maximum Gasteiger partial charge on any atom is 0.373 e. The highest BCUT2D eigenvalue weighted by molar-refractivity contribution is 5.86. The number of rotatable bonds is 12. The molecule has 188 valence electrons. The molecule has 0 unspecified atom stereocenters. The van der Waals surface area contributed by atoms with Gasteiger partial charge in [-0.3, -0.25) is 0 Å². The summed E-state index contributed by atoms with van der Waals surface area (Å²) in [5, 5.41) is 0. The molecule has 0 amide bonds. The predicted molar refractivity (Wildman–Crippen MR) is 136 cm³/mol. The van der Waals surface area contributed by atoms with Gasteiger partial charge in [-0.15, -0.1) is 0 Å². The van der Waals surface area contributed by atoms with Gasteiger partial charge in [-0.2, -0.15) is 0 Å². The van der Waals surface area contributed by atoms with Crippen LogP contribution in [0.1, 0.15) is 23.6 Å². The number of carbonyl (C=O) groups excluding carboxylic acids is 1. The van der Waals surface area contributed by atoms with Crippen molar-refractivity contribution in [3.05, 3.63) is 120 Å². The topological polar surface area (TPSA) is 63.2 Å². The van der Waals surface area contributed by atoms with E-state index in [-0.39, 0.29) is 19.0 Å². The quantitative estimate of drug-likeness (QED) is 0.326. The van der Waals surface area contributed by atoms with E-state index in [1.807, 2.05) is 91.0 Å². The summed E-state index contributed by atoms with van der Waals surface area (Å²) < 4.78 is 29.9. The minimum absolute atomic E-state index is 0.114.